The van der Waals surface area contributed by atoms with Crippen molar-refractivity contribution in [3.05, 3.63) is 85.1 Å². The van der Waals surface area contributed by atoms with Crippen LogP contribution in [-0.4, -0.2) is 37.2 Å². The molecule has 0 rings (SSSR count). The lowest BCUT2D eigenvalue weighted by molar-refractivity contribution is -0.167. The van der Waals surface area contributed by atoms with Crippen LogP contribution < -0.4 is 0 Å². The van der Waals surface area contributed by atoms with Crippen molar-refractivity contribution in [1.29, 1.82) is 0 Å². The Bertz CT molecular complexity index is 1330. The molecule has 1 unspecified atom stereocenters. The maximum atomic E-state index is 12.7. The van der Waals surface area contributed by atoms with Crippen molar-refractivity contribution in [3.63, 3.8) is 0 Å². The SMILES string of the molecule is CC/C=C\C/C=C\C/C=C\C/C=C\C/C=C\CCCC(=O)OC(COC(=O)CCCCCCC)COC(=O)CCCCCCCCCCCCCCCCCCC/C=C\C/C=C\CCCCCCC. The fraction of sp³-hybridized carbons (Fsp3) is 0.730. The van der Waals surface area contributed by atoms with Crippen molar-refractivity contribution in [2.75, 3.05) is 13.2 Å². The largest absolute Gasteiger partial charge is 0.462 e. The molecule has 0 aliphatic carbocycles. The van der Waals surface area contributed by atoms with Crippen molar-refractivity contribution in [1.82, 2.24) is 0 Å². The lowest BCUT2D eigenvalue weighted by Crippen LogP contribution is -2.30. The van der Waals surface area contributed by atoms with Crippen LogP contribution in [0.5, 0.6) is 0 Å². The number of esters is 3. The van der Waals surface area contributed by atoms with Gasteiger partial charge in [0.2, 0.25) is 0 Å². The Labute approximate surface area is 426 Å². The number of rotatable bonds is 52. The monoisotopic (exact) mass is 961 g/mol. The number of carbonyl (C=O) groups is 3. The molecule has 0 fully saturated rings. The molecule has 6 heteroatoms. The lowest BCUT2D eigenvalue weighted by atomic mass is 10.0. The van der Waals surface area contributed by atoms with Crippen LogP contribution in [0.3, 0.4) is 0 Å². The van der Waals surface area contributed by atoms with E-state index in [2.05, 4.69) is 106 Å². The minimum Gasteiger partial charge on any atom is -0.462 e. The van der Waals surface area contributed by atoms with Crippen LogP contribution in [0.25, 0.3) is 0 Å². The second-order valence-electron chi connectivity index (χ2n) is 19.2. The molecule has 396 valence electrons. The lowest BCUT2D eigenvalue weighted by Gasteiger charge is -2.18. The van der Waals surface area contributed by atoms with Gasteiger partial charge in [0.05, 0.1) is 0 Å². The first-order chi connectivity index (χ1) is 34.0. The summed E-state index contributed by atoms with van der Waals surface area (Å²) in [6, 6.07) is 0. The van der Waals surface area contributed by atoms with Gasteiger partial charge in [0.15, 0.2) is 6.10 Å². The molecule has 0 aliphatic rings. The summed E-state index contributed by atoms with van der Waals surface area (Å²) < 4.78 is 16.7. The normalized spacial score (nSPS) is 12.7. The molecular formula is C63H108O6. The van der Waals surface area contributed by atoms with Gasteiger partial charge in [-0.15, -0.1) is 0 Å². The zero-order valence-electron chi connectivity index (χ0n) is 45.3. The van der Waals surface area contributed by atoms with E-state index in [9.17, 15) is 14.4 Å². The summed E-state index contributed by atoms with van der Waals surface area (Å²) in [6.07, 6.45) is 75.0. The number of unbranched alkanes of at least 4 members (excludes halogenated alkanes) is 27. The zero-order chi connectivity index (χ0) is 50.0. The van der Waals surface area contributed by atoms with E-state index in [1.54, 1.807) is 0 Å². The van der Waals surface area contributed by atoms with Crippen molar-refractivity contribution in [2.24, 2.45) is 0 Å². The molecule has 69 heavy (non-hydrogen) atoms. The van der Waals surface area contributed by atoms with Crippen molar-refractivity contribution >= 4 is 17.9 Å². The van der Waals surface area contributed by atoms with Crippen LogP contribution in [-0.2, 0) is 28.6 Å². The number of ether oxygens (including phenoxy) is 3. The smallest absolute Gasteiger partial charge is 0.306 e. The van der Waals surface area contributed by atoms with E-state index < -0.39 is 6.10 Å². The van der Waals surface area contributed by atoms with Gasteiger partial charge in [0.25, 0.3) is 0 Å². The summed E-state index contributed by atoms with van der Waals surface area (Å²) in [5.41, 5.74) is 0. The highest BCUT2D eigenvalue weighted by Gasteiger charge is 2.19. The first kappa shape index (κ1) is 65.6. The van der Waals surface area contributed by atoms with Crippen LogP contribution in [0.15, 0.2) is 85.1 Å². The predicted octanol–water partition coefficient (Wildman–Crippen LogP) is 19.5. The molecule has 0 aliphatic heterocycles. The van der Waals surface area contributed by atoms with Gasteiger partial charge in [-0.05, 0) is 89.9 Å². The van der Waals surface area contributed by atoms with E-state index in [-0.39, 0.29) is 37.5 Å². The van der Waals surface area contributed by atoms with Gasteiger partial charge in [-0.2, -0.15) is 0 Å². The Hall–Kier alpha value is -3.41. The van der Waals surface area contributed by atoms with Gasteiger partial charge in [-0.3, -0.25) is 14.4 Å². The maximum Gasteiger partial charge on any atom is 0.306 e. The van der Waals surface area contributed by atoms with E-state index in [4.69, 9.17) is 14.2 Å². The van der Waals surface area contributed by atoms with Crippen LogP contribution in [0, 0.1) is 0 Å². The number of hydrogen-bond donors (Lipinski definition) is 0. The third-order valence-electron chi connectivity index (χ3n) is 12.4. The summed E-state index contributed by atoms with van der Waals surface area (Å²) >= 11 is 0. The first-order valence-electron chi connectivity index (χ1n) is 29.1. The van der Waals surface area contributed by atoms with Gasteiger partial charge >= 0.3 is 17.9 Å². The van der Waals surface area contributed by atoms with E-state index in [1.807, 2.05) is 0 Å². The maximum absolute atomic E-state index is 12.7. The number of carbonyl (C=O) groups excluding carboxylic acids is 3. The summed E-state index contributed by atoms with van der Waals surface area (Å²) in [5, 5.41) is 0. The van der Waals surface area contributed by atoms with Gasteiger partial charge in [-0.1, -0.05) is 254 Å². The number of allylic oxidation sites excluding steroid dienone is 14. The minimum absolute atomic E-state index is 0.0978. The topological polar surface area (TPSA) is 78.9 Å². The van der Waals surface area contributed by atoms with Crippen molar-refractivity contribution in [3.8, 4) is 0 Å². The molecule has 0 N–H and O–H groups in total. The summed E-state index contributed by atoms with van der Waals surface area (Å²) in [4.78, 5) is 37.7. The van der Waals surface area contributed by atoms with E-state index >= 15 is 0 Å². The average Bonchev–Trinajstić information content (AvgIpc) is 3.35. The molecule has 6 nitrogen and oxygen atoms in total. The Morgan fingerprint density at radius 1 is 0.304 bits per heavy atom. The molecule has 0 radical (unpaired) electrons. The minimum atomic E-state index is -0.801. The van der Waals surface area contributed by atoms with Crippen LogP contribution in [0.4, 0.5) is 0 Å². The molecule has 0 bridgehead atoms. The molecule has 0 saturated heterocycles. The third-order valence-corrected chi connectivity index (χ3v) is 12.4. The quantitative estimate of drug-likeness (QED) is 0.0262. The molecule has 1 atom stereocenters. The molecule has 0 amide bonds. The molecule has 0 aromatic carbocycles. The Balaban J connectivity index is 4.06. The van der Waals surface area contributed by atoms with Crippen molar-refractivity contribution in [2.45, 2.75) is 284 Å². The molecule has 0 heterocycles. The molecule has 0 aromatic heterocycles. The highest BCUT2D eigenvalue weighted by molar-refractivity contribution is 5.71. The second kappa shape index (κ2) is 57.2. The van der Waals surface area contributed by atoms with Crippen LogP contribution in [0.2, 0.25) is 0 Å². The molecule has 0 saturated carbocycles. The van der Waals surface area contributed by atoms with Gasteiger partial charge in [0, 0.05) is 19.3 Å². The van der Waals surface area contributed by atoms with Gasteiger partial charge < -0.3 is 14.2 Å². The fourth-order valence-electron chi connectivity index (χ4n) is 8.04. The average molecular weight is 962 g/mol. The Morgan fingerprint density at radius 3 is 0.928 bits per heavy atom. The predicted molar refractivity (Wildman–Crippen MR) is 297 cm³/mol. The third kappa shape index (κ3) is 55.4. The van der Waals surface area contributed by atoms with E-state index in [0.717, 1.165) is 96.3 Å². The van der Waals surface area contributed by atoms with Gasteiger partial charge in [-0.25, -0.2) is 0 Å². The van der Waals surface area contributed by atoms with Gasteiger partial charge in [0.1, 0.15) is 13.2 Å². The highest BCUT2D eigenvalue weighted by atomic mass is 16.6. The van der Waals surface area contributed by atoms with E-state index in [0.29, 0.717) is 19.3 Å². The standard InChI is InChI=1S/C63H108O6/c1-4-7-10-13-15-17-19-21-23-25-26-27-28-29-30-31-32-33-34-35-36-38-39-41-43-45-47-50-53-56-62(65)68-59-60(58-67-61(64)55-52-49-12-9-6-3)69-63(66)57-54-51-48-46-44-42-40-37-24-22-20-18-16-14-11-8-5-2/h8,11,16,18-19,21-22,24-26,40,42,46,48,60H,4-7,9-10,12-15,17,20,23,27-39,41,43-45,47,49-59H2,1-3H3/b11-8-,18-16-,21-19-,24-22-,26-25-,42-40-,48-46-. The molecule has 0 spiro atoms. The van der Waals surface area contributed by atoms with Crippen LogP contribution >= 0.6 is 0 Å². The summed E-state index contributed by atoms with van der Waals surface area (Å²) in [7, 11) is 0. The zero-order valence-corrected chi connectivity index (χ0v) is 45.3. The Kier molecular flexibility index (Phi) is 54.3. The first-order valence-corrected chi connectivity index (χ1v) is 29.1. The second-order valence-corrected chi connectivity index (χ2v) is 19.2. The molecular weight excluding hydrogens is 853 g/mol. The summed E-state index contributed by atoms with van der Waals surface area (Å²) in [5.74, 6) is -0.967. The summed E-state index contributed by atoms with van der Waals surface area (Å²) in [6.45, 7) is 6.39. The Morgan fingerprint density at radius 2 is 0.580 bits per heavy atom. The fourth-order valence-corrected chi connectivity index (χ4v) is 8.04. The van der Waals surface area contributed by atoms with E-state index in [1.165, 1.54) is 135 Å². The highest BCUT2D eigenvalue weighted by Crippen LogP contribution is 2.16. The van der Waals surface area contributed by atoms with Crippen molar-refractivity contribution < 1.29 is 28.6 Å². The number of hydrogen-bond acceptors (Lipinski definition) is 6. The molecule has 0 aromatic rings. The van der Waals surface area contributed by atoms with Crippen LogP contribution in [0.1, 0.15) is 278 Å².